The van der Waals surface area contributed by atoms with Gasteiger partial charge in [-0.15, -0.1) is 11.3 Å². The van der Waals surface area contributed by atoms with Crippen molar-refractivity contribution in [2.45, 2.75) is 19.4 Å². The van der Waals surface area contributed by atoms with E-state index in [2.05, 4.69) is 4.98 Å². The highest BCUT2D eigenvalue weighted by Gasteiger charge is 2.32. The number of aromatic nitrogens is 1. The zero-order valence-corrected chi connectivity index (χ0v) is 15.9. The number of nitrogens with zero attached hydrogens (tertiary/aromatic N) is 2. The molecule has 3 aromatic rings. The van der Waals surface area contributed by atoms with Crippen molar-refractivity contribution in [1.82, 2.24) is 4.98 Å². The zero-order valence-electron chi connectivity index (χ0n) is 14.3. The first-order valence-electron chi connectivity index (χ1n) is 8.17. The van der Waals surface area contributed by atoms with Gasteiger partial charge in [-0.25, -0.2) is 17.8 Å². The third-order valence-corrected chi connectivity index (χ3v) is 6.64. The lowest BCUT2D eigenvalue weighted by atomic mass is 10.1. The molecule has 134 valence electrons. The Kier molecular flexibility index (Phi) is 4.08. The Morgan fingerprint density at radius 1 is 1.15 bits per heavy atom. The molecule has 0 saturated heterocycles. The van der Waals surface area contributed by atoms with Crippen molar-refractivity contribution in [3.05, 3.63) is 59.2 Å². The summed E-state index contributed by atoms with van der Waals surface area (Å²) < 4.78 is 38.6. The van der Waals surface area contributed by atoms with Gasteiger partial charge in [0.2, 0.25) is 10.0 Å². The van der Waals surface area contributed by atoms with Gasteiger partial charge in [0.05, 0.1) is 17.6 Å². The first-order chi connectivity index (χ1) is 12.3. The molecule has 0 N–H and O–H groups in total. The quantitative estimate of drug-likeness (QED) is 0.671. The Bertz CT molecular complexity index is 1080. The van der Waals surface area contributed by atoms with Crippen LogP contribution in [0.2, 0.25) is 0 Å². The van der Waals surface area contributed by atoms with E-state index in [1.165, 1.54) is 34.0 Å². The monoisotopic (exact) mass is 388 g/mol. The lowest BCUT2D eigenvalue weighted by Gasteiger charge is -2.21. The van der Waals surface area contributed by atoms with E-state index in [4.69, 9.17) is 0 Å². The lowest BCUT2D eigenvalue weighted by Crippen LogP contribution is -2.34. The second-order valence-electron chi connectivity index (χ2n) is 6.50. The topological polar surface area (TPSA) is 50.3 Å². The SMILES string of the molecule is CC1Cc2cc(-c3csc(-c4ccc(F)cc4)n3)ccc2N1S(C)(=O)=O. The summed E-state index contributed by atoms with van der Waals surface area (Å²) >= 11 is 1.50. The molecule has 2 heterocycles. The number of benzene rings is 2. The summed E-state index contributed by atoms with van der Waals surface area (Å²) in [5, 5.41) is 2.79. The van der Waals surface area contributed by atoms with Crippen molar-refractivity contribution in [3.8, 4) is 21.8 Å². The minimum absolute atomic E-state index is 0.0829. The molecular formula is C19H17FN2O2S2. The van der Waals surface area contributed by atoms with Gasteiger partial charge in [0.1, 0.15) is 10.8 Å². The normalized spacial score (nSPS) is 16.7. The van der Waals surface area contributed by atoms with E-state index in [1.54, 1.807) is 12.1 Å². The van der Waals surface area contributed by atoms with Crippen molar-refractivity contribution in [1.29, 1.82) is 0 Å². The predicted octanol–water partition coefficient (Wildman–Crippen LogP) is 4.33. The predicted molar refractivity (Wildman–Crippen MR) is 103 cm³/mol. The summed E-state index contributed by atoms with van der Waals surface area (Å²) in [7, 11) is -3.29. The number of rotatable bonds is 3. The second-order valence-corrected chi connectivity index (χ2v) is 9.22. The van der Waals surface area contributed by atoms with Crippen LogP contribution in [0, 0.1) is 5.82 Å². The van der Waals surface area contributed by atoms with E-state index in [0.717, 1.165) is 33.1 Å². The smallest absolute Gasteiger partial charge is 0.232 e. The molecule has 7 heteroatoms. The van der Waals surface area contributed by atoms with Gasteiger partial charge < -0.3 is 0 Å². The molecule has 2 aromatic carbocycles. The number of fused-ring (bicyclic) bond motifs is 1. The largest absolute Gasteiger partial charge is 0.267 e. The van der Waals surface area contributed by atoms with E-state index in [9.17, 15) is 12.8 Å². The molecule has 0 spiro atoms. The van der Waals surface area contributed by atoms with E-state index in [0.29, 0.717) is 6.42 Å². The van der Waals surface area contributed by atoms with Crippen molar-refractivity contribution in [2.24, 2.45) is 0 Å². The molecule has 0 amide bonds. The molecule has 4 rings (SSSR count). The molecule has 0 saturated carbocycles. The van der Waals surface area contributed by atoms with Crippen LogP contribution in [0.5, 0.6) is 0 Å². The third kappa shape index (κ3) is 3.01. The summed E-state index contributed by atoms with van der Waals surface area (Å²) in [6.45, 7) is 1.91. The average molecular weight is 388 g/mol. The van der Waals surface area contributed by atoms with E-state index in [1.807, 2.05) is 30.5 Å². The Balaban J connectivity index is 1.69. The van der Waals surface area contributed by atoms with Crippen LogP contribution in [-0.4, -0.2) is 25.7 Å². The van der Waals surface area contributed by atoms with Gasteiger partial charge in [-0.1, -0.05) is 6.07 Å². The molecule has 0 aliphatic carbocycles. The molecule has 0 radical (unpaired) electrons. The molecule has 26 heavy (non-hydrogen) atoms. The van der Waals surface area contributed by atoms with Crippen molar-refractivity contribution < 1.29 is 12.8 Å². The van der Waals surface area contributed by atoms with E-state index >= 15 is 0 Å². The average Bonchev–Trinajstić information content (AvgIpc) is 3.17. The van der Waals surface area contributed by atoms with Crippen LogP contribution in [0.1, 0.15) is 12.5 Å². The number of sulfonamides is 1. The van der Waals surface area contributed by atoms with Gasteiger partial charge >= 0.3 is 0 Å². The van der Waals surface area contributed by atoms with Crippen molar-refractivity contribution in [3.63, 3.8) is 0 Å². The Hall–Kier alpha value is -2.25. The number of hydrogen-bond donors (Lipinski definition) is 0. The van der Waals surface area contributed by atoms with Crippen molar-refractivity contribution >= 4 is 27.0 Å². The van der Waals surface area contributed by atoms with Crippen LogP contribution < -0.4 is 4.31 Å². The maximum atomic E-state index is 13.1. The maximum Gasteiger partial charge on any atom is 0.232 e. The van der Waals surface area contributed by atoms with Crippen LogP contribution in [0.4, 0.5) is 10.1 Å². The van der Waals surface area contributed by atoms with Crippen LogP contribution in [-0.2, 0) is 16.4 Å². The summed E-state index contributed by atoms with van der Waals surface area (Å²) in [4.78, 5) is 4.66. The highest BCUT2D eigenvalue weighted by Crippen LogP contribution is 2.37. The molecule has 1 aliphatic rings. The van der Waals surface area contributed by atoms with Gasteiger partial charge in [-0.2, -0.15) is 0 Å². The Labute approximate surface area is 156 Å². The molecule has 0 fully saturated rings. The third-order valence-electron chi connectivity index (χ3n) is 4.48. The summed E-state index contributed by atoms with van der Waals surface area (Å²) in [6.07, 6.45) is 1.92. The molecule has 1 aliphatic heterocycles. The fourth-order valence-corrected chi connectivity index (χ4v) is 5.50. The van der Waals surface area contributed by atoms with Crippen LogP contribution in [0.3, 0.4) is 0 Å². The van der Waals surface area contributed by atoms with Gasteiger partial charge in [-0.3, -0.25) is 4.31 Å². The van der Waals surface area contributed by atoms with Gasteiger partial charge in [-0.05, 0) is 55.3 Å². The number of halogens is 1. The summed E-state index contributed by atoms with van der Waals surface area (Å²) in [5.74, 6) is -0.270. The molecule has 1 atom stereocenters. The Morgan fingerprint density at radius 3 is 2.54 bits per heavy atom. The fourth-order valence-electron chi connectivity index (χ4n) is 3.40. The summed E-state index contributed by atoms with van der Waals surface area (Å²) in [6, 6.07) is 12.0. The van der Waals surface area contributed by atoms with Crippen LogP contribution in [0.25, 0.3) is 21.8 Å². The lowest BCUT2D eigenvalue weighted by molar-refractivity contribution is 0.590. The standard InChI is InChI=1S/C19H17FN2O2S2/c1-12-9-15-10-14(5-8-18(15)22(12)26(2,23)24)17-11-25-19(21-17)13-3-6-16(20)7-4-13/h3-8,10-12H,9H2,1-2H3. The van der Waals surface area contributed by atoms with Crippen LogP contribution >= 0.6 is 11.3 Å². The van der Waals surface area contributed by atoms with E-state index < -0.39 is 10.0 Å². The first-order valence-corrected chi connectivity index (χ1v) is 10.9. The number of anilines is 1. The Morgan fingerprint density at radius 2 is 1.85 bits per heavy atom. The maximum absolute atomic E-state index is 13.1. The highest BCUT2D eigenvalue weighted by atomic mass is 32.2. The van der Waals surface area contributed by atoms with Gasteiger partial charge in [0, 0.05) is 22.5 Å². The molecule has 1 aromatic heterocycles. The number of thiazole rings is 1. The minimum Gasteiger partial charge on any atom is -0.267 e. The molecule has 1 unspecified atom stereocenters. The number of hydrogen-bond acceptors (Lipinski definition) is 4. The summed E-state index contributed by atoms with van der Waals surface area (Å²) in [5.41, 5.74) is 4.42. The van der Waals surface area contributed by atoms with Crippen molar-refractivity contribution in [2.75, 3.05) is 10.6 Å². The molecular weight excluding hydrogens is 371 g/mol. The fraction of sp³-hybridized carbons (Fsp3) is 0.211. The van der Waals surface area contributed by atoms with Gasteiger partial charge in [0.15, 0.2) is 0 Å². The molecule has 4 nitrogen and oxygen atoms in total. The van der Waals surface area contributed by atoms with Crippen LogP contribution in [0.15, 0.2) is 47.8 Å². The first kappa shape index (κ1) is 17.2. The minimum atomic E-state index is -3.29. The second kappa shape index (κ2) is 6.17. The highest BCUT2D eigenvalue weighted by molar-refractivity contribution is 7.92. The van der Waals surface area contributed by atoms with E-state index in [-0.39, 0.29) is 11.9 Å². The molecule has 0 bridgehead atoms. The van der Waals surface area contributed by atoms with Gasteiger partial charge in [0.25, 0.3) is 0 Å². The zero-order chi connectivity index (χ0) is 18.5.